The first-order valence-corrected chi connectivity index (χ1v) is 6.18. The summed E-state index contributed by atoms with van der Waals surface area (Å²) in [5.41, 5.74) is 2.88. The van der Waals surface area contributed by atoms with Crippen LogP contribution in [0.15, 0.2) is 22.7 Å². The lowest BCUT2D eigenvalue weighted by Gasteiger charge is -2.20. The summed E-state index contributed by atoms with van der Waals surface area (Å²) in [6.45, 7) is 9.71. The highest BCUT2D eigenvalue weighted by atomic mass is 79.9. The molecule has 0 atom stereocenters. The zero-order valence-electron chi connectivity index (χ0n) is 10.0. The fourth-order valence-corrected chi connectivity index (χ4v) is 2.12. The molecule has 1 aromatic carbocycles. The molecule has 0 bridgehead atoms. The van der Waals surface area contributed by atoms with Crippen LogP contribution in [0.2, 0.25) is 0 Å². The third kappa shape index (κ3) is 4.80. The first-order valence-electron chi connectivity index (χ1n) is 5.38. The SMILES string of the molecule is Cc1ccc(CCNC(C)(C)C)c(Br)c1. The molecule has 0 aliphatic heterocycles. The Morgan fingerprint density at radius 1 is 1.27 bits per heavy atom. The van der Waals surface area contributed by atoms with Gasteiger partial charge in [-0.05, 0) is 57.9 Å². The van der Waals surface area contributed by atoms with E-state index in [2.05, 4.69) is 67.1 Å². The van der Waals surface area contributed by atoms with Gasteiger partial charge in [0, 0.05) is 10.0 Å². The van der Waals surface area contributed by atoms with E-state index in [0.29, 0.717) is 0 Å². The van der Waals surface area contributed by atoms with Crippen LogP contribution in [0.5, 0.6) is 0 Å². The summed E-state index contributed by atoms with van der Waals surface area (Å²) in [6, 6.07) is 6.54. The second kappa shape index (κ2) is 5.13. The number of halogens is 1. The van der Waals surface area contributed by atoms with Crippen LogP contribution >= 0.6 is 15.9 Å². The van der Waals surface area contributed by atoms with Crippen LogP contribution in [-0.2, 0) is 6.42 Å². The molecule has 0 saturated carbocycles. The Morgan fingerprint density at radius 2 is 1.93 bits per heavy atom. The van der Waals surface area contributed by atoms with Crippen molar-refractivity contribution in [2.45, 2.75) is 39.7 Å². The molecule has 0 spiro atoms. The molecule has 0 heterocycles. The number of aryl methyl sites for hydroxylation is 1. The first-order chi connectivity index (χ1) is 6.88. The van der Waals surface area contributed by atoms with Gasteiger partial charge in [-0.15, -0.1) is 0 Å². The van der Waals surface area contributed by atoms with Gasteiger partial charge in [-0.1, -0.05) is 28.1 Å². The van der Waals surface area contributed by atoms with E-state index in [1.165, 1.54) is 15.6 Å². The minimum absolute atomic E-state index is 0.206. The van der Waals surface area contributed by atoms with Gasteiger partial charge in [-0.3, -0.25) is 0 Å². The second-order valence-corrected chi connectivity index (χ2v) is 5.88. The number of hydrogen-bond donors (Lipinski definition) is 1. The predicted octanol–water partition coefficient (Wildman–Crippen LogP) is 3.69. The van der Waals surface area contributed by atoms with Gasteiger partial charge in [0.25, 0.3) is 0 Å². The summed E-state index contributed by atoms with van der Waals surface area (Å²) in [4.78, 5) is 0. The lowest BCUT2D eigenvalue weighted by Crippen LogP contribution is -2.37. The highest BCUT2D eigenvalue weighted by molar-refractivity contribution is 9.10. The van der Waals surface area contributed by atoms with E-state index < -0.39 is 0 Å². The largest absolute Gasteiger partial charge is 0.312 e. The maximum Gasteiger partial charge on any atom is 0.0210 e. The van der Waals surface area contributed by atoms with E-state index >= 15 is 0 Å². The molecule has 0 unspecified atom stereocenters. The lowest BCUT2D eigenvalue weighted by molar-refractivity contribution is 0.429. The van der Waals surface area contributed by atoms with Crippen molar-refractivity contribution < 1.29 is 0 Å². The van der Waals surface area contributed by atoms with Crippen molar-refractivity contribution >= 4 is 15.9 Å². The highest BCUT2D eigenvalue weighted by Crippen LogP contribution is 2.18. The number of hydrogen-bond acceptors (Lipinski definition) is 1. The Kier molecular flexibility index (Phi) is 4.35. The Bertz CT molecular complexity index is 326. The average Bonchev–Trinajstić information content (AvgIpc) is 2.07. The minimum atomic E-state index is 0.206. The van der Waals surface area contributed by atoms with Crippen LogP contribution in [0, 0.1) is 6.92 Å². The Morgan fingerprint density at radius 3 is 2.47 bits per heavy atom. The quantitative estimate of drug-likeness (QED) is 0.883. The molecule has 0 fully saturated rings. The maximum absolute atomic E-state index is 3.60. The van der Waals surface area contributed by atoms with Crippen LogP contribution in [0.1, 0.15) is 31.9 Å². The van der Waals surface area contributed by atoms with Gasteiger partial charge in [-0.25, -0.2) is 0 Å². The zero-order valence-corrected chi connectivity index (χ0v) is 11.6. The molecular formula is C13H20BrN. The molecule has 0 amide bonds. The zero-order chi connectivity index (χ0) is 11.5. The molecule has 0 aliphatic carbocycles. The van der Waals surface area contributed by atoms with Gasteiger partial charge >= 0.3 is 0 Å². The van der Waals surface area contributed by atoms with E-state index in [1.54, 1.807) is 0 Å². The number of rotatable bonds is 3. The molecule has 84 valence electrons. The predicted molar refractivity (Wildman–Crippen MR) is 70.3 cm³/mol. The van der Waals surface area contributed by atoms with Crippen LogP contribution < -0.4 is 5.32 Å². The first kappa shape index (κ1) is 12.7. The fraction of sp³-hybridized carbons (Fsp3) is 0.538. The fourth-order valence-electron chi connectivity index (χ4n) is 1.43. The van der Waals surface area contributed by atoms with Crippen molar-refractivity contribution in [1.29, 1.82) is 0 Å². The van der Waals surface area contributed by atoms with Crippen LogP contribution in [0.4, 0.5) is 0 Å². The van der Waals surface area contributed by atoms with Gasteiger partial charge in [0.2, 0.25) is 0 Å². The summed E-state index contributed by atoms with van der Waals surface area (Å²) >= 11 is 3.60. The molecule has 0 aromatic heterocycles. The lowest BCUT2D eigenvalue weighted by atomic mass is 10.1. The summed E-state index contributed by atoms with van der Waals surface area (Å²) < 4.78 is 1.22. The van der Waals surface area contributed by atoms with Crippen LogP contribution in [0.25, 0.3) is 0 Å². The van der Waals surface area contributed by atoms with Crippen molar-refractivity contribution in [3.8, 4) is 0 Å². The maximum atomic E-state index is 3.60. The van der Waals surface area contributed by atoms with Crippen LogP contribution in [-0.4, -0.2) is 12.1 Å². The molecule has 0 aliphatic rings. The van der Waals surface area contributed by atoms with Gasteiger partial charge in [-0.2, -0.15) is 0 Å². The topological polar surface area (TPSA) is 12.0 Å². The Labute approximate surface area is 101 Å². The normalized spacial score (nSPS) is 11.8. The van der Waals surface area contributed by atoms with Crippen molar-refractivity contribution in [1.82, 2.24) is 5.32 Å². The third-order valence-electron chi connectivity index (χ3n) is 2.26. The van der Waals surface area contributed by atoms with Crippen molar-refractivity contribution in [3.63, 3.8) is 0 Å². The Balaban J connectivity index is 2.51. The van der Waals surface area contributed by atoms with Crippen molar-refractivity contribution in [2.24, 2.45) is 0 Å². The Hall–Kier alpha value is -0.340. The van der Waals surface area contributed by atoms with Crippen molar-refractivity contribution in [3.05, 3.63) is 33.8 Å². The minimum Gasteiger partial charge on any atom is -0.312 e. The van der Waals surface area contributed by atoms with Gasteiger partial charge in [0.1, 0.15) is 0 Å². The van der Waals surface area contributed by atoms with Gasteiger partial charge < -0.3 is 5.32 Å². The van der Waals surface area contributed by atoms with Gasteiger partial charge in [0.05, 0.1) is 0 Å². The molecule has 0 saturated heterocycles. The summed E-state index contributed by atoms with van der Waals surface area (Å²) in [6.07, 6.45) is 1.07. The molecule has 1 nitrogen and oxygen atoms in total. The third-order valence-corrected chi connectivity index (χ3v) is 3.00. The molecule has 1 aromatic rings. The van der Waals surface area contributed by atoms with E-state index in [9.17, 15) is 0 Å². The number of nitrogens with one attached hydrogen (secondary N) is 1. The standard InChI is InChI=1S/C13H20BrN/c1-10-5-6-11(12(14)9-10)7-8-15-13(2,3)4/h5-6,9,15H,7-8H2,1-4H3. The number of benzene rings is 1. The van der Waals surface area contributed by atoms with E-state index in [1.807, 2.05) is 0 Å². The second-order valence-electron chi connectivity index (χ2n) is 5.02. The molecule has 2 heteroatoms. The average molecular weight is 270 g/mol. The molecule has 1 N–H and O–H groups in total. The highest BCUT2D eigenvalue weighted by Gasteiger charge is 2.08. The van der Waals surface area contributed by atoms with Gasteiger partial charge in [0.15, 0.2) is 0 Å². The van der Waals surface area contributed by atoms with E-state index in [4.69, 9.17) is 0 Å². The van der Waals surface area contributed by atoms with Crippen LogP contribution in [0.3, 0.4) is 0 Å². The van der Waals surface area contributed by atoms with E-state index in [0.717, 1.165) is 13.0 Å². The monoisotopic (exact) mass is 269 g/mol. The van der Waals surface area contributed by atoms with E-state index in [-0.39, 0.29) is 5.54 Å². The van der Waals surface area contributed by atoms with Crippen molar-refractivity contribution in [2.75, 3.05) is 6.54 Å². The summed E-state index contributed by atoms with van der Waals surface area (Å²) in [5, 5.41) is 3.49. The smallest absolute Gasteiger partial charge is 0.0210 e. The molecular weight excluding hydrogens is 250 g/mol. The molecule has 15 heavy (non-hydrogen) atoms. The molecule has 0 radical (unpaired) electrons. The summed E-state index contributed by atoms with van der Waals surface area (Å²) in [5.74, 6) is 0. The summed E-state index contributed by atoms with van der Waals surface area (Å²) in [7, 11) is 0. The molecule has 1 rings (SSSR count).